The van der Waals surface area contributed by atoms with Crippen molar-refractivity contribution in [3.8, 4) is 11.8 Å². The average molecular weight is 403 g/mol. The van der Waals surface area contributed by atoms with Crippen LogP contribution in [-0.2, 0) is 16.0 Å². The summed E-state index contributed by atoms with van der Waals surface area (Å²) in [6.45, 7) is 4.50. The molecule has 0 spiro atoms. The minimum atomic E-state index is -0.566. The normalized spacial score (nSPS) is 10.8. The fourth-order valence-electron chi connectivity index (χ4n) is 2.30. The topological polar surface area (TPSA) is 51.2 Å². The van der Waals surface area contributed by atoms with Crippen molar-refractivity contribution in [1.82, 2.24) is 4.98 Å². The number of aromatic nitrogens is 1. The highest BCUT2D eigenvalue weighted by Crippen LogP contribution is 2.23. The third-order valence-electron chi connectivity index (χ3n) is 3.72. The zero-order valence-corrected chi connectivity index (χ0v) is 17.1. The number of benzene rings is 1. The average Bonchev–Trinajstić information content (AvgIpc) is 2.66. The molecule has 1 aromatic carbocycles. The van der Waals surface area contributed by atoms with Crippen molar-refractivity contribution in [2.24, 2.45) is 0 Å². The quantitative estimate of drug-likeness (QED) is 0.410. The van der Waals surface area contributed by atoms with Crippen LogP contribution in [0.4, 0.5) is 5.69 Å². The van der Waals surface area contributed by atoms with Gasteiger partial charge in [-0.2, -0.15) is 12.6 Å². The lowest BCUT2D eigenvalue weighted by atomic mass is 10.1. The number of amides is 1. The Bertz CT molecular complexity index is 829. The Labute approximate surface area is 171 Å². The lowest BCUT2D eigenvalue weighted by Crippen LogP contribution is -2.22. The molecule has 1 aromatic heterocycles. The van der Waals surface area contributed by atoms with E-state index in [0.717, 1.165) is 18.4 Å². The summed E-state index contributed by atoms with van der Waals surface area (Å²) < 4.78 is 5.91. The van der Waals surface area contributed by atoms with Crippen molar-refractivity contribution in [1.29, 1.82) is 0 Å². The summed E-state index contributed by atoms with van der Waals surface area (Å²) in [6, 6.07) is 9.29. The van der Waals surface area contributed by atoms with Crippen LogP contribution >= 0.6 is 24.2 Å². The summed E-state index contributed by atoms with van der Waals surface area (Å²) in [5.41, 5.74) is 1.99. The second kappa shape index (κ2) is 10.4. The summed E-state index contributed by atoms with van der Waals surface area (Å²) in [7, 11) is 0. The second-order valence-electron chi connectivity index (χ2n) is 6.47. The van der Waals surface area contributed by atoms with Crippen molar-refractivity contribution < 1.29 is 9.53 Å². The number of aryl methyl sites for hydroxylation is 1. The van der Waals surface area contributed by atoms with Crippen molar-refractivity contribution in [3.05, 3.63) is 58.9 Å². The van der Waals surface area contributed by atoms with Crippen molar-refractivity contribution in [2.75, 3.05) is 17.7 Å². The molecular formula is C21H23ClN2O2S. The van der Waals surface area contributed by atoms with Gasteiger partial charge in [0.05, 0.1) is 16.5 Å². The number of anilines is 1. The predicted octanol–water partition coefficient (Wildman–Crippen LogP) is 4.38. The molecule has 0 unspecified atom stereocenters. The van der Waals surface area contributed by atoms with Crippen molar-refractivity contribution in [3.63, 3.8) is 0 Å². The maximum atomic E-state index is 11.4. The molecule has 0 aliphatic heterocycles. The Morgan fingerprint density at radius 3 is 2.70 bits per heavy atom. The minimum Gasteiger partial charge on any atom is -0.363 e. The van der Waals surface area contributed by atoms with Crippen LogP contribution in [0.15, 0.2) is 42.7 Å². The second-order valence-corrected chi connectivity index (χ2v) is 7.19. The van der Waals surface area contributed by atoms with Gasteiger partial charge < -0.3 is 10.1 Å². The third kappa shape index (κ3) is 7.64. The molecule has 0 bridgehead atoms. The van der Waals surface area contributed by atoms with Crippen LogP contribution in [0.1, 0.15) is 31.4 Å². The Morgan fingerprint density at radius 1 is 1.30 bits per heavy atom. The summed E-state index contributed by atoms with van der Waals surface area (Å²) in [5.74, 6) is 6.11. The largest absolute Gasteiger partial charge is 0.363 e. The van der Waals surface area contributed by atoms with Gasteiger partial charge in [0.1, 0.15) is 5.60 Å². The number of nitrogens with one attached hydrogen (secondary N) is 1. The van der Waals surface area contributed by atoms with E-state index in [1.54, 1.807) is 24.5 Å². The van der Waals surface area contributed by atoms with Crippen LogP contribution in [0.5, 0.6) is 0 Å². The Kier molecular flexibility index (Phi) is 8.18. The molecule has 0 aliphatic rings. The van der Waals surface area contributed by atoms with Crippen LogP contribution in [0, 0.1) is 11.8 Å². The lowest BCUT2D eigenvalue weighted by Gasteiger charge is -2.18. The van der Waals surface area contributed by atoms with Gasteiger partial charge in [-0.25, -0.2) is 0 Å². The smallest absolute Gasteiger partial charge is 0.234 e. The van der Waals surface area contributed by atoms with Gasteiger partial charge in [0.2, 0.25) is 5.91 Å². The van der Waals surface area contributed by atoms with Crippen LogP contribution < -0.4 is 5.32 Å². The van der Waals surface area contributed by atoms with E-state index in [4.69, 9.17) is 16.3 Å². The molecule has 0 fully saturated rings. The Balaban J connectivity index is 1.88. The number of pyridine rings is 1. The first-order valence-corrected chi connectivity index (χ1v) is 9.67. The number of rotatable bonds is 7. The first-order chi connectivity index (χ1) is 12.9. The van der Waals surface area contributed by atoms with Gasteiger partial charge in [0, 0.05) is 24.6 Å². The number of thiol groups is 1. The van der Waals surface area contributed by atoms with Gasteiger partial charge in [-0.3, -0.25) is 9.78 Å². The monoisotopic (exact) mass is 402 g/mol. The Morgan fingerprint density at radius 2 is 2.04 bits per heavy atom. The van der Waals surface area contributed by atoms with Crippen LogP contribution in [0.2, 0.25) is 5.02 Å². The molecule has 1 amide bonds. The number of carbonyl (C=O) groups is 1. The molecule has 142 valence electrons. The summed E-state index contributed by atoms with van der Waals surface area (Å²) in [6.07, 6.45) is 5.46. The highest BCUT2D eigenvalue weighted by Gasteiger charge is 2.14. The molecule has 2 rings (SSSR count). The molecule has 6 heteroatoms. The fraction of sp³-hybridized carbons (Fsp3) is 0.333. The fourth-order valence-corrected chi connectivity index (χ4v) is 2.60. The zero-order chi connectivity index (χ0) is 19.7. The molecule has 4 nitrogen and oxygen atoms in total. The van der Waals surface area contributed by atoms with Crippen molar-refractivity contribution in [2.45, 2.75) is 32.3 Å². The molecule has 0 saturated carbocycles. The number of halogens is 1. The van der Waals surface area contributed by atoms with E-state index in [-0.39, 0.29) is 11.7 Å². The van der Waals surface area contributed by atoms with Crippen LogP contribution in [0.3, 0.4) is 0 Å². The molecule has 0 aliphatic carbocycles. The van der Waals surface area contributed by atoms with Gasteiger partial charge in [0.25, 0.3) is 0 Å². The highest BCUT2D eigenvalue weighted by atomic mass is 35.5. The molecule has 2 aromatic rings. The molecule has 27 heavy (non-hydrogen) atoms. The van der Waals surface area contributed by atoms with Gasteiger partial charge in [-0.15, -0.1) is 0 Å². The predicted molar refractivity (Wildman–Crippen MR) is 113 cm³/mol. The highest BCUT2D eigenvalue weighted by molar-refractivity contribution is 7.81. The minimum absolute atomic E-state index is 0.102. The van der Waals surface area contributed by atoms with E-state index in [9.17, 15) is 4.79 Å². The molecule has 0 radical (unpaired) electrons. The number of hydrogen-bond acceptors (Lipinski definition) is 4. The van der Waals surface area contributed by atoms with Crippen molar-refractivity contribution >= 4 is 35.8 Å². The summed E-state index contributed by atoms with van der Waals surface area (Å²) in [5, 5.41) is 3.12. The van der Waals surface area contributed by atoms with Crippen LogP contribution in [-0.4, -0.2) is 28.9 Å². The standard InChI is InChI=1S/C21H23ClN2O2S/c1-21(2,26-13-3-4-16-8-11-23-12-9-16)10-7-17-5-6-19(18(22)14-17)24-20(25)15-27/h5-6,8-9,11-12,14,27H,3-4,13,15H2,1-2H3,(H,24,25). The van der Waals surface area contributed by atoms with E-state index in [0.29, 0.717) is 17.3 Å². The lowest BCUT2D eigenvalue weighted by molar-refractivity contribution is -0.113. The first-order valence-electron chi connectivity index (χ1n) is 8.66. The first kappa shape index (κ1) is 21.3. The maximum absolute atomic E-state index is 11.4. The van der Waals surface area contributed by atoms with Gasteiger partial charge in [-0.05, 0) is 62.6 Å². The molecule has 1 heterocycles. The van der Waals surface area contributed by atoms with E-state index in [1.165, 1.54) is 5.56 Å². The third-order valence-corrected chi connectivity index (χ3v) is 4.32. The maximum Gasteiger partial charge on any atom is 0.234 e. The van der Waals surface area contributed by atoms with Gasteiger partial charge >= 0.3 is 0 Å². The number of nitrogens with zero attached hydrogens (tertiary/aromatic N) is 1. The van der Waals surface area contributed by atoms with Gasteiger partial charge in [0.15, 0.2) is 0 Å². The number of ether oxygens (including phenoxy) is 1. The number of hydrogen-bond donors (Lipinski definition) is 2. The molecule has 0 saturated heterocycles. The molecule has 1 N–H and O–H groups in total. The molecule has 0 atom stereocenters. The van der Waals surface area contributed by atoms with E-state index >= 15 is 0 Å². The zero-order valence-electron chi connectivity index (χ0n) is 15.5. The van der Waals surface area contributed by atoms with Gasteiger partial charge in [-0.1, -0.05) is 23.4 Å². The van der Waals surface area contributed by atoms with E-state index in [1.807, 2.05) is 32.0 Å². The number of carbonyl (C=O) groups excluding carboxylic acids is 1. The Hall–Kier alpha value is -2.00. The summed E-state index contributed by atoms with van der Waals surface area (Å²) >= 11 is 10.1. The molecular weight excluding hydrogens is 380 g/mol. The summed E-state index contributed by atoms with van der Waals surface area (Å²) in [4.78, 5) is 15.4. The van der Waals surface area contributed by atoms with E-state index in [2.05, 4.69) is 34.8 Å². The SMILES string of the molecule is CC(C)(C#Cc1ccc(NC(=O)CS)c(Cl)c1)OCCCc1ccncc1. The van der Waals surface area contributed by atoms with E-state index < -0.39 is 5.60 Å². The van der Waals surface area contributed by atoms with Crippen LogP contribution in [0.25, 0.3) is 0 Å².